The van der Waals surface area contributed by atoms with Crippen LogP contribution in [0.2, 0.25) is 0 Å². The second-order valence-corrected chi connectivity index (χ2v) is 9.89. The van der Waals surface area contributed by atoms with Crippen molar-refractivity contribution in [3.8, 4) is 11.3 Å². The molecule has 0 atom stereocenters. The Morgan fingerprint density at radius 1 is 1.06 bits per heavy atom. The smallest absolute Gasteiger partial charge is 0.223 e. The van der Waals surface area contributed by atoms with Gasteiger partial charge in [0.05, 0.1) is 5.69 Å². The molecule has 1 aliphatic heterocycles. The van der Waals surface area contributed by atoms with Gasteiger partial charge >= 0.3 is 0 Å². The van der Waals surface area contributed by atoms with Gasteiger partial charge in [-0.15, -0.1) is 0 Å². The Hall–Kier alpha value is -3.22. The van der Waals surface area contributed by atoms with E-state index in [-0.39, 0.29) is 11.8 Å². The molecule has 7 nitrogen and oxygen atoms in total. The van der Waals surface area contributed by atoms with E-state index in [0.717, 1.165) is 72.6 Å². The van der Waals surface area contributed by atoms with Crippen LogP contribution < -0.4 is 15.5 Å². The fourth-order valence-electron chi connectivity index (χ4n) is 5.34. The third kappa shape index (κ3) is 5.55. The summed E-state index contributed by atoms with van der Waals surface area (Å²) in [5, 5.41) is 8.88. The number of pyridine rings is 3. The van der Waals surface area contributed by atoms with Crippen LogP contribution in [-0.4, -0.2) is 46.5 Å². The molecule has 5 rings (SSSR count). The third-order valence-electron chi connectivity index (χ3n) is 7.34. The monoisotopic (exact) mass is 472 g/mol. The minimum atomic E-state index is 0.0857. The minimum absolute atomic E-state index is 0.0857. The van der Waals surface area contributed by atoms with E-state index < -0.39 is 0 Å². The number of piperidine rings is 1. The fourth-order valence-corrected chi connectivity index (χ4v) is 5.34. The summed E-state index contributed by atoms with van der Waals surface area (Å²) in [6.45, 7) is 4.48. The zero-order valence-electron chi connectivity index (χ0n) is 20.7. The van der Waals surface area contributed by atoms with Gasteiger partial charge in [0.25, 0.3) is 0 Å². The van der Waals surface area contributed by atoms with Gasteiger partial charge in [0.15, 0.2) is 0 Å². The summed E-state index contributed by atoms with van der Waals surface area (Å²) >= 11 is 0. The van der Waals surface area contributed by atoms with E-state index >= 15 is 0 Å². The second-order valence-electron chi connectivity index (χ2n) is 9.89. The minimum Gasteiger partial charge on any atom is -0.367 e. The van der Waals surface area contributed by atoms with Crippen molar-refractivity contribution in [1.29, 1.82) is 0 Å². The van der Waals surface area contributed by atoms with Crippen LogP contribution in [0.1, 0.15) is 58.3 Å². The van der Waals surface area contributed by atoms with Crippen LogP contribution in [0.3, 0.4) is 0 Å². The van der Waals surface area contributed by atoms with Gasteiger partial charge in [0, 0.05) is 66.5 Å². The van der Waals surface area contributed by atoms with E-state index in [1.807, 2.05) is 30.7 Å². The highest BCUT2D eigenvalue weighted by atomic mass is 16.1. The number of hydrogen-bond donors (Lipinski definition) is 2. The lowest BCUT2D eigenvalue weighted by Crippen LogP contribution is -2.41. The number of carbonyl (C=O) groups is 1. The number of hydrogen-bond acceptors (Lipinski definition) is 6. The van der Waals surface area contributed by atoms with Gasteiger partial charge in [-0.25, -0.2) is 9.97 Å². The Morgan fingerprint density at radius 3 is 2.69 bits per heavy atom. The standard InChI is InChI=1S/C28H36N6O/c1-2-12-31-28(35)20-10-15-34(16-11-20)27-24-9-13-29-19-22(24)17-25(33-27)21-8-14-30-26(18-21)32-23-6-4-3-5-7-23/h8-9,13-14,17-20,23H,2-7,10-12,15-16H2,1H3,(H,30,32)(H,31,35). The summed E-state index contributed by atoms with van der Waals surface area (Å²) in [5.41, 5.74) is 1.98. The van der Waals surface area contributed by atoms with E-state index in [9.17, 15) is 4.79 Å². The number of anilines is 2. The van der Waals surface area contributed by atoms with Crippen molar-refractivity contribution in [1.82, 2.24) is 20.3 Å². The van der Waals surface area contributed by atoms with E-state index in [0.29, 0.717) is 6.04 Å². The van der Waals surface area contributed by atoms with Gasteiger partial charge in [-0.1, -0.05) is 26.2 Å². The molecule has 0 bridgehead atoms. The fraction of sp³-hybridized carbons (Fsp3) is 0.500. The van der Waals surface area contributed by atoms with Crippen molar-refractivity contribution in [3.05, 3.63) is 42.9 Å². The molecule has 184 valence electrons. The summed E-state index contributed by atoms with van der Waals surface area (Å²) in [6.07, 6.45) is 14.6. The second kappa shape index (κ2) is 11.0. The van der Waals surface area contributed by atoms with Gasteiger partial charge in [-0.05, 0) is 56.4 Å². The van der Waals surface area contributed by atoms with Crippen molar-refractivity contribution in [2.24, 2.45) is 5.92 Å². The van der Waals surface area contributed by atoms with Crippen molar-refractivity contribution >= 4 is 28.3 Å². The highest BCUT2D eigenvalue weighted by Gasteiger charge is 2.26. The average molecular weight is 473 g/mol. The predicted octanol–water partition coefficient (Wildman–Crippen LogP) is 5.18. The average Bonchev–Trinajstić information content (AvgIpc) is 2.92. The Morgan fingerprint density at radius 2 is 1.89 bits per heavy atom. The molecule has 0 radical (unpaired) electrons. The van der Waals surface area contributed by atoms with Crippen LogP contribution in [-0.2, 0) is 4.79 Å². The van der Waals surface area contributed by atoms with Gasteiger partial charge in [0.1, 0.15) is 11.6 Å². The van der Waals surface area contributed by atoms with Gasteiger partial charge in [-0.2, -0.15) is 0 Å². The number of fused-ring (bicyclic) bond motifs is 1. The molecule has 1 saturated carbocycles. The molecule has 7 heteroatoms. The first kappa shape index (κ1) is 23.5. The normalized spacial score (nSPS) is 17.5. The molecule has 2 N–H and O–H groups in total. The topological polar surface area (TPSA) is 83.0 Å². The van der Waals surface area contributed by atoms with Gasteiger partial charge in [0.2, 0.25) is 5.91 Å². The Kier molecular flexibility index (Phi) is 7.40. The molecule has 2 aliphatic rings. The summed E-state index contributed by atoms with van der Waals surface area (Å²) in [6, 6.07) is 8.82. The maximum atomic E-state index is 12.5. The molecule has 3 aromatic rings. The maximum absolute atomic E-state index is 12.5. The molecule has 35 heavy (non-hydrogen) atoms. The molecule has 1 saturated heterocycles. The van der Waals surface area contributed by atoms with Crippen molar-refractivity contribution in [3.63, 3.8) is 0 Å². The molecular formula is C28H36N6O. The van der Waals surface area contributed by atoms with Crippen LogP contribution in [0.15, 0.2) is 42.9 Å². The van der Waals surface area contributed by atoms with Crippen LogP contribution in [0.25, 0.3) is 22.0 Å². The molecule has 1 amide bonds. The molecule has 2 fully saturated rings. The number of carbonyl (C=O) groups excluding carboxylic acids is 1. The molecular weight excluding hydrogens is 436 g/mol. The summed E-state index contributed by atoms with van der Waals surface area (Å²) in [5.74, 6) is 2.17. The summed E-state index contributed by atoms with van der Waals surface area (Å²) in [4.78, 5) is 28.9. The number of nitrogens with one attached hydrogen (secondary N) is 2. The van der Waals surface area contributed by atoms with Crippen molar-refractivity contribution < 1.29 is 4.79 Å². The van der Waals surface area contributed by atoms with E-state index in [2.05, 4.69) is 44.6 Å². The van der Waals surface area contributed by atoms with Crippen LogP contribution in [0.5, 0.6) is 0 Å². The molecule has 0 aromatic carbocycles. The Bertz CT molecular complexity index is 1150. The van der Waals surface area contributed by atoms with E-state index in [4.69, 9.17) is 4.98 Å². The molecule has 0 spiro atoms. The predicted molar refractivity (Wildman–Crippen MR) is 142 cm³/mol. The molecule has 4 heterocycles. The largest absolute Gasteiger partial charge is 0.367 e. The Balaban J connectivity index is 1.39. The SMILES string of the molecule is CCCNC(=O)C1CCN(c2nc(-c3ccnc(NC4CCCCC4)c3)cc3cnccc23)CC1. The van der Waals surface area contributed by atoms with Crippen LogP contribution in [0.4, 0.5) is 11.6 Å². The number of nitrogens with zero attached hydrogens (tertiary/aromatic N) is 4. The highest BCUT2D eigenvalue weighted by Crippen LogP contribution is 2.33. The molecule has 1 aliphatic carbocycles. The maximum Gasteiger partial charge on any atom is 0.223 e. The zero-order chi connectivity index (χ0) is 24.0. The van der Waals surface area contributed by atoms with E-state index in [1.54, 1.807) is 0 Å². The molecule has 0 unspecified atom stereocenters. The van der Waals surface area contributed by atoms with Gasteiger partial charge < -0.3 is 15.5 Å². The third-order valence-corrected chi connectivity index (χ3v) is 7.34. The Labute approximate surface area is 207 Å². The lowest BCUT2D eigenvalue weighted by Gasteiger charge is -2.33. The first-order valence-electron chi connectivity index (χ1n) is 13.2. The van der Waals surface area contributed by atoms with Gasteiger partial charge in [-0.3, -0.25) is 9.78 Å². The zero-order valence-corrected chi connectivity index (χ0v) is 20.7. The lowest BCUT2D eigenvalue weighted by molar-refractivity contribution is -0.125. The highest BCUT2D eigenvalue weighted by molar-refractivity contribution is 5.94. The van der Waals surface area contributed by atoms with Crippen LogP contribution in [0, 0.1) is 5.92 Å². The van der Waals surface area contributed by atoms with E-state index in [1.165, 1.54) is 32.1 Å². The van der Waals surface area contributed by atoms with Crippen LogP contribution >= 0.6 is 0 Å². The van der Waals surface area contributed by atoms with Crippen molar-refractivity contribution in [2.75, 3.05) is 29.9 Å². The summed E-state index contributed by atoms with van der Waals surface area (Å²) in [7, 11) is 0. The lowest BCUT2D eigenvalue weighted by atomic mass is 9.95. The number of aromatic nitrogens is 3. The quantitative estimate of drug-likeness (QED) is 0.493. The first-order valence-corrected chi connectivity index (χ1v) is 13.2. The van der Waals surface area contributed by atoms with Crippen molar-refractivity contribution in [2.45, 2.75) is 64.3 Å². The number of amides is 1. The molecule has 3 aromatic heterocycles. The summed E-state index contributed by atoms with van der Waals surface area (Å²) < 4.78 is 0. The number of rotatable bonds is 7. The first-order chi connectivity index (χ1) is 17.2.